The Morgan fingerprint density at radius 3 is 1.94 bits per heavy atom. The number of aromatic nitrogens is 3. The van der Waals surface area contributed by atoms with E-state index in [2.05, 4.69) is 16.4 Å². The smallest absolute Gasteiger partial charge is 0.308 e. The first kappa shape index (κ1) is 31.4. The van der Waals surface area contributed by atoms with Gasteiger partial charge >= 0.3 is 5.97 Å². The Morgan fingerprint density at radius 2 is 1.40 bits per heavy atom. The fourth-order valence-electron chi connectivity index (χ4n) is 8.48. The molecule has 3 aliphatic rings. The number of fused-ring (bicyclic) bond motifs is 4. The number of hydrogen-bond acceptors (Lipinski definition) is 5. The molecule has 0 amide bonds. The van der Waals surface area contributed by atoms with Crippen LogP contribution in [0.15, 0.2) is 115 Å². The number of nitrogens with zero attached hydrogens (tertiary/aromatic N) is 4. The Bertz CT molecular complexity index is 2150. The van der Waals surface area contributed by atoms with Gasteiger partial charge in [-0.3, -0.25) is 4.79 Å². The minimum Gasteiger partial charge on any atom is -0.481 e. The molecule has 9 heteroatoms. The largest absolute Gasteiger partial charge is 0.481 e. The number of carboxylic acid groups (broad SMARTS) is 1. The highest BCUT2D eigenvalue weighted by Crippen LogP contribution is 2.48. The summed E-state index contributed by atoms with van der Waals surface area (Å²) in [5.74, 6) is -2.70. The van der Waals surface area contributed by atoms with Crippen molar-refractivity contribution in [1.82, 2.24) is 14.8 Å². The molecule has 0 saturated heterocycles. The summed E-state index contributed by atoms with van der Waals surface area (Å²) in [4.78, 5) is 17.0. The van der Waals surface area contributed by atoms with Crippen LogP contribution < -0.4 is 5.32 Å². The topological polar surface area (TPSA) is 104 Å². The zero-order valence-electron chi connectivity index (χ0n) is 27.0. The molecule has 50 heavy (non-hydrogen) atoms. The maximum Gasteiger partial charge on any atom is 0.308 e. The maximum absolute atomic E-state index is 15.8. The first-order chi connectivity index (χ1) is 24.4. The van der Waals surface area contributed by atoms with Gasteiger partial charge < -0.3 is 10.4 Å². The summed E-state index contributed by atoms with van der Waals surface area (Å²) in [6.07, 6.45) is 4.57. The molecule has 3 aliphatic carbocycles. The molecule has 9 rings (SSSR count). The predicted octanol–water partition coefficient (Wildman–Crippen LogP) is 8.39. The number of nitriles is 1. The van der Waals surface area contributed by atoms with Crippen LogP contribution in [0.2, 0.25) is 0 Å². The number of halogens is 2. The van der Waals surface area contributed by atoms with Gasteiger partial charge in [-0.05, 0) is 72.4 Å². The molecule has 2 heterocycles. The van der Waals surface area contributed by atoms with Crippen LogP contribution in [-0.2, 0) is 10.3 Å². The average Bonchev–Trinajstić information content (AvgIpc) is 3.52. The van der Waals surface area contributed by atoms with Crippen LogP contribution in [0.3, 0.4) is 0 Å². The van der Waals surface area contributed by atoms with E-state index in [-0.39, 0.29) is 34.3 Å². The second-order valence-electron chi connectivity index (χ2n) is 13.3. The molecule has 2 aromatic heterocycles. The van der Waals surface area contributed by atoms with E-state index in [9.17, 15) is 15.2 Å². The Balaban J connectivity index is 1.39. The standard InChI is InChI=1S/C41H33F2N5O2/c42-31-21-33-38(32-22-35(34(43)20-27(32)23-44)46-37-26-18-16-25(17-19-26)36(37)40(49)50)47-48(39(33)45-24-31)41(28-10-4-1-5-11-28,29-12-6-2-7-13-29)30-14-8-3-9-15-30/h1-15,20-22,24-26,36-37,46H,16-19H2,(H,49,50). The minimum atomic E-state index is -1.10. The van der Waals surface area contributed by atoms with E-state index in [1.807, 2.05) is 91.0 Å². The molecule has 248 valence electrons. The average molecular weight is 666 g/mol. The molecule has 3 saturated carbocycles. The van der Waals surface area contributed by atoms with Crippen molar-refractivity contribution in [3.8, 4) is 17.3 Å². The summed E-state index contributed by atoms with van der Waals surface area (Å²) < 4.78 is 32.8. The third-order valence-electron chi connectivity index (χ3n) is 10.7. The molecule has 6 aromatic rings. The summed E-state index contributed by atoms with van der Waals surface area (Å²) in [7, 11) is 0. The molecule has 7 nitrogen and oxygen atoms in total. The van der Waals surface area contributed by atoms with Crippen molar-refractivity contribution in [2.75, 3.05) is 5.32 Å². The third-order valence-corrected chi connectivity index (χ3v) is 10.7. The number of nitrogens with one attached hydrogen (secondary N) is 1. The molecular weight excluding hydrogens is 632 g/mol. The number of pyridine rings is 1. The molecule has 4 aromatic carbocycles. The zero-order valence-corrected chi connectivity index (χ0v) is 27.0. The highest BCUT2D eigenvalue weighted by molar-refractivity contribution is 5.94. The van der Waals surface area contributed by atoms with Gasteiger partial charge in [-0.15, -0.1) is 0 Å². The molecule has 0 spiro atoms. The second-order valence-corrected chi connectivity index (χ2v) is 13.3. The lowest BCUT2D eigenvalue weighted by atomic mass is 9.61. The molecular formula is C41H33F2N5O2. The minimum absolute atomic E-state index is 0.00791. The first-order valence-corrected chi connectivity index (χ1v) is 16.8. The van der Waals surface area contributed by atoms with Gasteiger partial charge in [0.15, 0.2) is 5.65 Å². The van der Waals surface area contributed by atoms with Crippen LogP contribution in [0.1, 0.15) is 47.9 Å². The van der Waals surface area contributed by atoms with Crippen molar-refractivity contribution in [3.63, 3.8) is 0 Å². The van der Waals surface area contributed by atoms with Gasteiger partial charge in [-0.25, -0.2) is 18.4 Å². The fourth-order valence-corrected chi connectivity index (χ4v) is 8.48. The fraction of sp³-hybridized carbons (Fsp3) is 0.220. The second kappa shape index (κ2) is 12.5. The van der Waals surface area contributed by atoms with E-state index in [0.29, 0.717) is 11.0 Å². The third kappa shape index (κ3) is 5.02. The summed E-state index contributed by atoms with van der Waals surface area (Å²) >= 11 is 0. The predicted molar refractivity (Wildman–Crippen MR) is 186 cm³/mol. The summed E-state index contributed by atoms with van der Waals surface area (Å²) in [6.45, 7) is 0. The number of benzene rings is 4. The maximum atomic E-state index is 15.8. The Kier molecular flexibility index (Phi) is 7.87. The quantitative estimate of drug-likeness (QED) is 0.158. The number of rotatable bonds is 8. The summed E-state index contributed by atoms with van der Waals surface area (Å²) in [5.41, 5.74) is 2.48. The van der Waals surface area contributed by atoms with E-state index in [1.54, 1.807) is 4.68 Å². The van der Waals surface area contributed by atoms with Gasteiger partial charge in [-0.1, -0.05) is 91.0 Å². The Morgan fingerprint density at radius 1 is 0.840 bits per heavy atom. The Labute approximate surface area is 287 Å². The van der Waals surface area contributed by atoms with Gasteiger partial charge in [0.2, 0.25) is 0 Å². The van der Waals surface area contributed by atoms with E-state index < -0.39 is 35.1 Å². The molecule has 2 bridgehead atoms. The molecule has 3 fully saturated rings. The van der Waals surface area contributed by atoms with Crippen LogP contribution in [0, 0.1) is 40.7 Å². The van der Waals surface area contributed by atoms with E-state index >= 15 is 8.78 Å². The molecule has 0 radical (unpaired) electrons. The molecule has 0 aliphatic heterocycles. The van der Waals surface area contributed by atoms with Crippen LogP contribution in [0.25, 0.3) is 22.3 Å². The Hall–Kier alpha value is -5.88. The highest BCUT2D eigenvalue weighted by Gasteiger charge is 2.48. The summed E-state index contributed by atoms with van der Waals surface area (Å²) in [6, 6.07) is 35.2. The van der Waals surface area contributed by atoms with E-state index in [4.69, 9.17) is 5.10 Å². The molecule has 2 N–H and O–H groups in total. The van der Waals surface area contributed by atoms with Gasteiger partial charge in [0.25, 0.3) is 0 Å². The molecule has 2 atom stereocenters. The van der Waals surface area contributed by atoms with Crippen molar-refractivity contribution in [1.29, 1.82) is 5.26 Å². The number of hydrogen-bond donors (Lipinski definition) is 2. The first-order valence-electron chi connectivity index (χ1n) is 16.8. The number of carbonyl (C=O) groups is 1. The van der Waals surface area contributed by atoms with Crippen molar-refractivity contribution < 1.29 is 18.7 Å². The van der Waals surface area contributed by atoms with Crippen molar-refractivity contribution >= 4 is 22.7 Å². The lowest BCUT2D eigenvalue weighted by Crippen LogP contribution is -2.51. The SMILES string of the molecule is N#Cc1cc(F)c(NC2C3CCC(CC3)C2C(=O)O)cc1-c1nn(C(c2ccccc2)(c2ccccc2)c2ccccc2)c2ncc(F)cc12. The number of aliphatic carboxylic acids is 1. The lowest BCUT2D eigenvalue weighted by molar-refractivity contribution is -0.148. The normalized spacial score (nSPS) is 20.0. The van der Waals surface area contributed by atoms with Crippen molar-refractivity contribution in [2.45, 2.75) is 37.3 Å². The van der Waals surface area contributed by atoms with Crippen LogP contribution in [0.5, 0.6) is 0 Å². The van der Waals surface area contributed by atoms with Gasteiger partial charge in [0.05, 0.1) is 34.8 Å². The van der Waals surface area contributed by atoms with Gasteiger partial charge in [0, 0.05) is 11.6 Å². The number of anilines is 1. The van der Waals surface area contributed by atoms with Crippen molar-refractivity contribution in [2.24, 2.45) is 17.8 Å². The lowest BCUT2D eigenvalue weighted by Gasteiger charge is -2.47. The highest BCUT2D eigenvalue weighted by atomic mass is 19.1. The van der Waals surface area contributed by atoms with E-state index in [0.717, 1.165) is 54.6 Å². The monoisotopic (exact) mass is 665 g/mol. The van der Waals surface area contributed by atoms with E-state index in [1.165, 1.54) is 12.1 Å². The van der Waals surface area contributed by atoms with Crippen molar-refractivity contribution in [3.05, 3.63) is 149 Å². The van der Waals surface area contributed by atoms with Gasteiger partial charge in [-0.2, -0.15) is 10.4 Å². The van der Waals surface area contributed by atoms with Crippen LogP contribution in [-0.4, -0.2) is 31.9 Å². The van der Waals surface area contributed by atoms with Gasteiger partial charge in [0.1, 0.15) is 22.9 Å². The molecule has 2 unspecified atom stereocenters. The summed E-state index contributed by atoms with van der Waals surface area (Å²) in [5, 5.41) is 29.3. The number of carboxylic acids is 1. The zero-order chi connectivity index (χ0) is 34.4. The van der Waals surface area contributed by atoms with Crippen LogP contribution in [0.4, 0.5) is 14.5 Å². The van der Waals surface area contributed by atoms with Crippen LogP contribution >= 0.6 is 0 Å².